The first-order chi connectivity index (χ1) is 15.0. The SMILES string of the molecule is CCc1ccc(NC(=O)c2nnc(CN3CCN(C(=O)c4ccc(C)o4)CC3)s2)cc1. The second-order valence-corrected chi connectivity index (χ2v) is 8.55. The molecule has 4 rings (SSSR count). The zero-order valence-corrected chi connectivity index (χ0v) is 18.4. The largest absolute Gasteiger partial charge is 0.456 e. The van der Waals surface area contributed by atoms with Crippen LogP contribution in [0.25, 0.3) is 0 Å². The highest BCUT2D eigenvalue weighted by Crippen LogP contribution is 2.18. The van der Waals surface area contributed by atoms with Gasteiger partial charge in [0.2, 0.25) is 5.01 Å². The number of hydrogen-bond acceptors (Lipinski definition) is 7. The van der Waals surface area contributed by atoms with Crippen LogP contribution in [0.4, 0.5) is 5.69 Å². The third-order valence-corrected chi connectivity index (χ3v) is 6.16. The number of carbonyl (C=O) groups is 2. The smallest absolute Gasteiger partial charge is 0.289 e. The molecule has 1 N–H and O–H groups in total. The van der Waals surface area contributed by atoms with Crippen LogP contribution in [0.15, 0.2) is 40.8 Å². The fourth-order valence-electron chi connectivity index (χ4n) is 3.42. The van der Waals surface area contributed by atoms with Gasteiger partial charge >= 0.3 is 0 Å². The van der Waals surface area contributed by atoms with Gasteiger partial charge in [-0.05, 0) is 43.2 Å². The molecule has 0 radical (unpaired) electrons. The van der Waals surface area contributed by atoms with Crippen LogP contribution in [0.3, 0.4) is 0 Å². The van der Waals surface area contributed by atoms with Gasteiger partial charge < -0.3 is 14.6 Å². The molecule has 8 nitrogen and oxygen atoms in total. The first-order valence-corrected chi connectivity index (χ1v) is 11.1. The van der Waals surface area contributed by atoms with Crippen molar-refractivity contribution < 1.29 is 14.0 Å². The van der Waals surface area contributed by atoms with E-state index in [4.69, 9.17) is 4.42 Å². The number of carbonyl (C=O) groups excluding carboxylic acids is 2. The Balaban J connectivity index is 1.28. The Morgan fingerprint density at radius 1 is 1.06 bits per heavy atom. The van der Waals surface area contributed by atoms with Crippen LogP contribution in [0.1, 0.15) is 43.6 Å². The molecule has 3 aromatic rings. The van der Waals surface area contributed by atoms with Crippen molar-refractivity contribution in [3.8, 4) is 0 Å². The Labute approximate surface area is 184 Å². The summed E-state index contributed by atoms with van der Waals surface area (Å²) in [4.78, 5) is 29.0. The number of aryl methyl sites for hydroxylation is 2. The predicted octanol–water partition coefficient (Wildman–Crippen LogP) is 3.21. The first-order valence-electron chi connectivity index (χ1n) is 10.3. The molecule has 0 spiro atoms. The molecule has 31 heavy (non-hydrogen) atoms. The van der Waals surface area contributed by atoms with E-state index in [2.05, 4.69) is 27.3 Å². The van der Waals surface area contributed by atoms with Crippen molar-refractivity contribution in [1.29, 1.82) is 0 Å². The van der Waals surface area contributed by atoms with Crippen LogP contribution in [-0.2, 0) is 13.0 Å². The minimum atomic E-state index is -0.253. The number of anilines is 1. The first kappa shape index (κ1) is 21.2. The number of nitrogens with one attached hydrogen (secondary N) is 1. The van der Waals surface area contributed by atoms with E-state index >= 15 is 0 Å². The molecule has 1 aliphatic rings. The highest BCUT2D eigenvalue weighted by atomic mass is 32.1. The van der Waals surface area contributed by atoms with Gasteiger partial charge in [-0.3, -0.25) is 14.5 Å². The number of furan rings is 1. The number of benzene rings is 1. The number of hydrogen-bond donors (Lipinski definition) is 1. The Morgan fingerprint density at radius 2 is 1.81 bits per heavy atom. The topological polar surface area (TPSA) is 91.6 Å². The standard InChI is InChI=1S/C22H25N5O3S/c1-3-16-5-7-17(8-6-16)23-20(28)21-25-24-19(31-21)14-26-10-12-27(13-11-26)22(29)18-9-4-15(2)30-18/h4-9H,3,10-14H2,1-2H3,(H,23,28). The maximum atomic E-state index is 12.5. The summed E-state index contributed by atoms with van der Waals surface area (Å²) in [5.41, 5.74) is 1.96. The highest BCUT2D eigenvalue weighted by Gasteiger charge is 2.25. The lowest BCUT2D eigenvalue weighted by Gasteiger charge is -2.33. The summed E-state index contributed by atoms with van der Waals surface area (Å²) in [5, 5.41) is 12.2. The molecule has 2 aromatic heterocycles. The summed E-state index contributed by atoms with van der Waals surface area (Å²) in [6, 6.07) is 11.3. The van der Waals surface area contributed by atoms with Crippen LogP contribution in [0, 0.1) is 6.92 Å². The van der Waals surface area contributed by atoms with Crippen molar-refractivity contribution in [2.45, 2.75) is 26.8 Å². The second-order valence-electron chi connectivity index (χ2n) is 7.48. The van der Waals surface area contributed by atoms with Crippen molar-refractivity contribution in [2.75, 3.05) is 31.5 Å². The lowest BCUT2D eigenvalue weighted by atomic mass is 10.1. The van der Waals surface area contributed by atoms with Gasteiger partial charge in [-0.25, -0.2) is 0 Å². The Hall–Kier alpha value is -3.04. The monoisotopic (exact) mass is 439 g/mol. The van der Waals surface area contributed by atoms with Gasteiger partial charge in [-0.15, -0.1) is 10.2 Å². The molecule has 1 fully saturated rings. The van der Waals surface area contributed by atoms with E-state index in [1.165, 1.54) is 16.9 Å². The van der Waals surface area contributed by atoms with E-state index in [1.807, 2.05) is 31.2 Å². The second kappa shape index (κ2) is 9.40. The number of amides is 2. The van der Waals surface area contributed by atoms with Gasteiger partial charge in [0.05, 0.1) is 6.54 Å². The maximum absolute atomic E-state index is 12.5. The Kier molecular flexibility index (Phi) is 6.43. The van der Waals surface area contributed by atoms with Gasteiger partial charge in [0.1, 0.15) is 10.8 Å². The fourth-order valence-corrected chi connectivity index (χ4v) is 4.20. The summed E-state index contributed by atoms with van der Waals surface area (Å²) in [5.74, 6) is 0.790. The Bertz CT molecular complexity index is 1050. The van der Waals surface area contributed by atoms with Crippen LogP contribution in [0.2, 0.25) is 0 Å². The van der Waals surface area contributed by atoms with E-state index in [-0.39, 0.29) is 11.8 Å². The molecule has 0 atom stereocenters. The third-order valence-electron chi connectivity index (χ3n) is 5.25. The minimum absolute atomic E-state index is 0.0745. The summed E-state index contributed by atoms with van der Waals surface area (Å²) < 4.78 is 5.44. The van der Waals surface area contributed by atoms with E-state index in [0.29, 0.717) is 30.4 Å². The molecule has 1 aliphatic heterocycles. The lowest BCUT2D eigenvalue weighted by Crippen LogP contribution is -2.48. The molecule has 0 aliphatic carbocycles. The van der Waals surface area contributed by atoms with Crippen molar-refractivity contribution in [1.82, 2.24) is 20.0 Å². The molecular weight excluding hydrogens is 414 g/mol. The average molecular weight is 440 g/mol. The van der Waals surface area contributed by atoms with Crippen molar-refractivity contribution >= 4 is 28.8 Å². The van der Waals surface area contributed by atoms with Crippen molar-refractivity contribution in [2.24, 2.45) is 0 Å². The van der Waals surface area contributed by atoms with Gasteiger partial charge in [-0.2, -0.15) is 0 Å². The molecule has 9 heteroatoms. The molecule has 3 heterocycles. The van der Waals surface area contributed by atoms with Crippen LogP contribution < -0.4 is 5.32 Å². The van der Waals surface area contributed by atoms with Gasteiger partial charge in [-0.1, -0.05) is 30.4 Å². The number of nitrogens with zero attached hydrogens (tertiary/aromatic N) is 4. The molecular formula is C22H25N5O3S. The van der Waals surface area contributed by atoms with Crippen molar-refractivity contribution in [3.05, 3.63) is 63.5 Å². The number of piperazine rings is 1. The minimum Gasteiger partial charge on any atom is -0.456 e. The molecule has 162 valence electrons. The Morgan fingerprint density at radius 3 is 2.45 bits per heavy atom. The summed E-state index contributed by atoms with van der Waals surface area (Å²) in [7, 11) is 0. The fraction of sp³-hybridized carbons (Fsp3) is 0.364. The zero-order valence-electron chi connectivity index (χ0n) is 17.6. The summed E-state index contributed by atoms with van der Waals surface area (Å²) in [6.45, 7) is 7.24. The van der Waals surface area contributed by atoms with E-state index in [9.17, 15) is 9.59 Å². The molecule has 0 unspecified atom stereocenters. The average Bonchev–Trinajstić information content (AvgIpc) is 3.43. The van der Waals surface area contributed by atoms with Crippen LogP contribution in [0.5, 0.6) is 0 Å². The zero-order chi connectivity index (χ0) is 21.8. The normalized spacial score (nSPS) is 14.6. The number of aromatic nitrogens is 2. The molecule has 0 saturated carbocycles. The van der Waals surface area contributed by atoms with Gasteiger partial charge in [0.15, 0.2) is 5.76 Å². The van der Waals surface area contributed by atoms with E-state index < -0.39 is 0 Å². The summed E-state index contributed by atoms with van der Waals surface area (Å²) in [6.07, 6.45) is 0.957. The molecule has 1 saturated heterocycles. The van der Waals surface area contributed by atoms with E-state index in [1.54, 1.807) is 17.0 Å². The predicted molar refractivity (Wildman–Crippen MR) is 118 cm³/mol. The van der Waals surface area contributed by atoms with Gasteiger partial charge in [0, 0.05) is 31.9 Å². The van der Waals surface area contributed by atoms with Crippen LogP contribution in [-0.4, -0.2) is 58.0 Å². The quantitative estimate of drug-likeness (QED) is 0.634. The molecule has 2 amide bonds. The lowest BCUT2D eigenvalue weighted by molar-refractivity contribution is 0.0596. The maximum Gasteiger partial charge on any atom is 0.289 e. The molecule has 0 bridgehead atoms. The summed E-state index contributed by atoms with van der Waals surface area (Å²) >= 11 is 1.30. The number of rotatable bonds is 6. The molecule has 1 aromatic carbocycles. The van der Waals surface area contributed by atoms with E-state index in [0.717, 1.165) is 36.0 Å². The van der Waals surface area contributed by atoms with Crippen LogP contribution >= 0.6 is 11.3 Å². The van der Waals surface area contributed by atoms with Gasteiger partial charge in [0.25, 0.3) is 11.8 Å². The van der Waals surface area contributed by atoms with Crippen molar-refractivity contribution in [3.63, 3.8) is 0 Å². The highest BCUT2D eigenvalue weighted by molar-refractivity contribution is 7.13. The third kappa shape index (κ3) is 5.18.